The van der Waals surface area contributed by atoms with Crippen LogP contribution in [-0.2, 0) is 0 Å². The van der Waals surface area contributed by atoms with Gasteiger partial charge in [-0.05, 0) is 104 Å². The molecule has 3 fully saturated rings. The van der Waals surface area contributed by atoms with E-state index >= 15 is 0 Å². The van der Waals surface area contributed by atoms with Crippen LogP contribution in [0.3, 0.4) is 0 Å². The van der Waals surface area contributed by atoms with Crippen LogP contribution in [0.15, 0.2) is 16.8 Å². The summed E-state index contributed by atoms with van der Waals surface area (Å²) in [5.74, 6) is 5.43. The van der Waals surface area contributed by atoms with Gasteiger partial charge in [-0.3, -0.25) is 0 Å². The summed E-state index contributed by atoms with van der Waals surface area (Å²) in [5.41, 5.74) is 3.45. The highest BCUT2D eigenvalue weighted by atomic mass is 16.4. The Morgan fingerprint density at radius 2 is 1.79 bits per heavy atom. The van der Waals surface area contributed by atoms with Crippen molar-refractivity contribution in [2.45, 2.75) is 105 Å². The normalized spacial score (nSPS) is 44.2. The number of nitrogens with zero attached hydrogens (tertiary/aromatic N) is 1. The van der Waals surface area contributed by atoms with Gasteiger partial charge in [-0.1, -0.05) is 64.6 Å². The fourth-order valence-electron chi connectivity index (χ4n) is 8.67. The molecule has 7 atom stereocenters. The molecule has 2 heteroatoms. The lowest BCUT2D eigenvalue weighted by Crippen LogP contribution is -2.51. The first-order chi connectivity index (χ1) is 13.8. The van der Waals surface area contributed by atoms with Gasteiger partial charge in [-0.2, -0.15) is 0 Å². The lowest BCUT2D eigenvalue weighted by molar-refractivity contribution is -0.0574. The number of hydrogen-bond acceptors (Lipinski definition) is 2. The zero-order valence-corrected chi connectivity index (χ0v) is 19.7. The van der Waals surface area contributed by atoms with Gasteiger partial charge in [0.25, 0.3) is 0 Å². The summed E-state index contributed by atoms with van der Waals surface area (Å²) in [6.07, 6.45) is 17.1. The van der Waals surface area contributed by atoms with E-state index in [9.17, 15) is 5.21 Å². The molecule has 0 aromatic heterocycles. The maximum atomic E-state index is 9.27. The highest BCUT2D eigenvalue weighted by Gasteiger charge is 2.59. The predicted octanol–water partition coefficient (Wildman–Crippen LogP) is 7.86. The van der Waals surface area contributed by atoms with Crippen molar-refractivity contribution in [3.63, 3.8) is 0 Å². The maximum Gasteiger partial charge on any atom is 0.0795 e. The lowest BCUT2D eigenvalue weighted by Gasteiger charge is -2.58. The molecular formula is C27H45NO. The standard InChI is InChI=1S/C27H45NO/c1-18(2)7-6-8-19(3)23-11-12-24-22-10-9-20-17-21(28-29)13-15-26(20,4)25(22)14-16-27(23,24)5/h17-19,22-25,29H,6-16H2,1-5H3/b28-21-/t19-,22-,23+,24-,25-,26+,27+/m1/s1. The Kier molecular flexibility index (Phi) is 5.95. The van der Waals surface area contributed by atoms with E-state index in [1.54, 1.807) is 5.57 Å². The van der Waals surface area contributed by atoms with Gasteiger partial charge in [0.05, 0.1) is 5.71 Å². The number of hydrogen-bond donors (Lipinski definition) is 1. The van der Waals surface area contributed by atoms with Crippen LogP contribution in [0, 0.1) is 46.3 Å². The number of rotatable bonds is 5. The molecule has 164 valence electrons. The minimum atomic E-state index is 0.361. The van der Waals surface area contributed by atoms with E-state index in [1.165, 1.54) is 64.2 Å². The Morgan fingerprint density at radius 1 is 1.00 bits per heavy atom. The van der Waals surface area contributed by atoms with E-state index < -0.39 is 0 Å². The smallest absolute Gasteiger partial charge is 0.0795 e. The summed E-state index contributed by atoms with van der Waals surface area (Å²) in [5, 5.41) is 12.8. The third kappa shape index (κ3) is 3.61. The molecule has 0 aliphatic heterocycles. The molecule has 4 aliphatic rings. The van der Waals surface area contributed by atoms with Gasteiger partial charge in [0.15, 0.2) is 0 Å². The second-order valence-corrected chi connectivity index (χ2v) is 12.1. The van der Waals surface area contributed by atoms with E-state index in [0.29, 0.717) is 10.8 Å². The van der Waals surface area contributed by atoms with Gasteiger partial charge in [0.1, 0.15) is 0 Å². The summed E-state index contributed by atoms with van der Waals surface area (Å²) in [4.78, 5) is 0. The van der Waals surface area contributed by atoms with Gasteiger partial charge in [-0.15, -0.1) is 0 Å². The van der Waals surface area contributed by atoms with Crippen LogP contribution in [0.2, 0.25) is 0 Å². The van der Waals surface area contributed by atoms with Gasteiger partial charge in [0, 0.05) is 0 Å². The topological polar surface area (TPSA) is 32.6 Å². The minimum Gasteiger partial charge on any atom is -0.411 e. The third-order valence-corrected chi connectivity index (χ3v) is 10.3. The summed E-state index contributed by atoms with van der Waals surface area (Å²) < 4.78 is 0. The first-order valence-corrected chi connectivity index (χ1v) is 12.7. The molecule has 2 nitrogen and oxygen atoms in total. The molecule has 1 N–H and O–H groups in total. The monoisotopic (exact) mass is 399 g/mol. The number of oxime groups is 1. The zero-order chi connectivity index (χ0) is 20.8. The first kappa shape index (κ1) is 21.4. The molecule has 0 unspecified atom stereocenters. The number of allylic oxidation sites excluding steroid dienone is 2. The molecule has 0 spiro atoms. The lowest BCUT2D eigenvalue weighted by atomic mass is 9.46. The van der Waals surface area contributed by atoms with E-state index in [0.717, 1.165) is 47.6 Å². The Hall–Kier alpha value is -0.790. The second-order valence-electron chi connectivity index (χ2n) is 12.1. The molecule has 3 saturated carbocycles. The predicted molar refractivity (Wildman–Crippen MR) is 122 cm³/mol. The molecule has 4 aliphatic carbocycles. The summed E-state index contributed by atoms with van der Waals surface area (Å²) >= 11 is 0. The van der Waals surface area contributed by atoms with Crippen LogP contribution in [0.1, 0.15) is 105 Å². The summed E-state index contributed by atoms with van der Waals surface area (Å²) in [7, 11) is 0. The van der Waals surface area contributed by atoms with Crippen LogP contribution in [0.25, 0.3) is 0 Å². The quantitative estimate of drug-likeness (QED) is 0.370. The zero-order valence-electron chi connectivity index (χ0n) is 19.7. The average molecular weight is 400 g/mol. The average Bonchev–Trinajstić information content (AvgIpc) is 3.04. The van der Waals surface area contributed by atoms with Gasteiger partial charge < -0.3 is 5.21 Å². The minimum absolute atomic E-state index is 0.361. The Morgan fingerprint density at radius 3 is 2.52 bits per heavy atom. The van der Waals surface area contributed by atoms with E-state index in [4.69, 9.17) is 0 Å². The van der Waals surface area contributed by atoms with Crippen LogP contribution < -0.4 is 0 Å². The maximum absolute atomic E-state index is 9.27. The van der Waals surface area contributed by atoms with Crippen molar-refractivity contribution < 1.29 is 5.21 Å². The summed E-state index contributed by atoms with van der Waals surface area (Å²) in [6, 6.07) is 0. The highest BCUT2D eigenvalue weighted by Crippen LogP contribution is 2.67. The van der Waals surface area contributed by atoms with E-state index in [1.807, 2.05) is 0 Å². The molecule has 0 heterocycles. The van der Waals surface area contributed by atoms with Crippen LogP contribution in [0.4, 0.5) is 0 Å². The van der Waals surface area contributed by atoms with Crippen molar-refractivity contribution in [1.82, 2.24) is 0 Å². The van der Waals surface area contributed by atoms with Crippen molar-refractivity contribution in [1.29, 1.82) is 0 Å². The Balaban J connectivity index is 1.49. The van der Waals surface area contributed by atoms with Gasteiger partial charge >= 0.3 is 0 Å². The molecule has 0 aromatic carbocycles. The molecule has 4 rings (SSSR count). The van der Waals surface area contributed by atoms with E-state index in [-0.39, 0.29) is 0 Å². The van der Waals surface area contributed by atoms with Crippen molar-refractivity contribution in [2.24, 2.45) is 51.5 Å². The van der Waals surface area contributed by atoms with Gasteiger partial charge in [-0.25, -0.2) is 0 Å². The highest BCUT2D eigenvalue weighted by molar-refractivity contribution is 5.96. The third-order valence-electron chi connectivity index (χ3n) is 10.3. The fraction of sp³-hybridized carbons (Fsp3) is 0.889. The molecule has 0 bridgehead atoms. The molecule has 29 heavy (non-hydrogen) atoms. The Bertz CT molecular complexity index is 663. The molecular weight excluding hydrogens is 354 g/mol. The van der Waals surface area contributed by atoms with Crippen molar-refractivity contribution in [3.8, 4) is 0 Å². The van der Waals surface area contributed by atoms with Crippen molar-refractivity contribution in [2.75, 3.05) is 0 Å². The summed E-state index contributed by atoms with van der Waals surface area (Å²) in [6.45, 7) is 12.5. The van der Waals surface area contributed by atoms with E-state index in [2.05, 4.69) is 45.9 Å². The Labute approximate surface area is 179 Å². The second kappa shape index (κ2) is 8.04. The largest absolute Gasteiger partial charge is 0.411 e. The number of fused-ring (bicyclic) bond motifs is 5. The fourth-order valence-corrected chi connectivity index (χ4v) is 8.67. The van der Waals surface area contributed by atoms with Crippen LogP contribution >= 0.6 is 0 Å². The van der Waals surface area contributed by atoms with Gasteiger partial charge in [0.2, 0.25) is 0 Å². The molecule has 0 aromatic rings. The van der Waals surface area contributed by atoms with Crippen LogP contribution in [-0.4, -0.2) is 10.9 Å². The SMILES string of the molecule is CC(C)CCC[C@@H](C)[C@@H]1CC[C@@H]2[C@H]3CCC4=C/C(=N\O)CC[C@]4(C)[C@@H]3CC[C@]21C. The van der Waals surface area contributed by atoms with Crippen LogP contribution in [0.5, 0.6) is 0 Å². The molecule has 0 radical (unpaired) electrons. The van der Waals surface area contributed by atoms with Crippen molar-refractivity contribution >= 4 is 5.71 Å². The molecule has 0 saturated heterocycles. The van der Waals surface area contributed by atoms with Crippen molar-refractivity contribution in [3.05, 3.63) is 11.6 Å². The first-order valence-electron chi connectivity index (χ1n) is 12.7. The molecule has 0 amide bonds.